The zero-order chi connectivity index (χ0) is 27.7. The molecule has 0 aromatic rings. The molecule has 15 heteroatoms. The molecule has 4 atom stereocenters. The Kier molecular flexibility index (Phi) is 16.4. The SMILES string of the molecule is NCCCCC(N)C(=O)NC(CC(N)=O)C(=O)NC(CCC(N)=O)C(=O)NC(CCCCN)C(=O)O. The average molecular weight is 517 g/mol. The molecular weight excluding hydrogens is 476 g/mol. The van der Waals surface area contributed by atoms with Crippen LogP contribution in [-0.2, 0) is 28.8 Å². The van der Waals surface area contributed by atoms with E-state index in [0.717, 1.165) is 0 Å². The molecule has 36 heavy (non-hydrogen) atoms. The molecule has 0 aliphatic rings. The number of rotatable bonds is 20. The lowest BCUT2D eigenvalue weighted by Gasteiger charge is -2.24. The fraction of sp³-hybridized carbons (Fsp3) is 0.714. The third-order valence-electron chi connectivity index (χ3n) is 5.22. The Bertz CT molecular complexity index is 765. The van der Waals surface area contributed by atoms with Crippen LogP contribution in [0.1, 0.15) is 57.8 Å². The zero-order valence-electron chi connectivity index (χ0n) is 20.4. The quantitative estimate of drug-likeness (QED) is 0.0712. The van der Waals surface area contributed by atoms with E-state index in [0.29, 0.717) is 38.8 Å². The number of hydrogen-bond acceptors (Lipinski definition) is 9. The molecule has 206 valence electrons. The highest BCUT2D eigenvalue weighted by Crippen LogP contribution is 2.06. The van der Waals surface area contributed by atoms with Gasteiger partial charge in [0, 0.05) is 6.42 Å². The van der Waals surface area contributed by atoms with Crippen molar-refractivity contribution < 1.29 is 33.9 Å². The first kappa shape index (κ1) is 32.7. The molecule has 0 heterocycles. The minimum Gasteiger partial charge on any atom is -0.480 e. The molecule has 0 bridgehead atoms. The summed E-state index contributed by atoms with van der Waals surface area (Å²) in [6, 6.07) is -5.07. The van der Waals surface area contributed by atoms with Crippen molar-refractivity contribution in [1.82, 2.24) is 16.0 Å². The molecule has 0 spiro atoms. The highest BCUT2D eigenvalue weighted by molar-refractivity contribution is 5.96. The van der Waals surface area contributed by atoms with Gasteiger partial charge in [0.1, 0.15) is 18.1 Å². The number of nitrogens with two attached hydrogens (primary N) is 5. The second-order valence-electron chi connectivity index (χ2n) is 8.37. The van der Waals surface area contributed by atoms with Crippen LogP contribution < -0.4 is 44.6 Å². The minimum atomic E-state index is -1.46. The Morgan fingerprint density at radius 1 is 0.639 bits per heavy atom. The summed E-state index contributed by atoms with van der Waals surface area (Å²) < 4.78 is 0. The number of hydrogen-bond donors (Lipinski definition) is 9. The Labute approximate surface area is 209 Å². The number of carboxylic acids is 1. The molecular formula is C21H40N8O7. The fourth-order valence-electron chi connectivity index (χ4n) is 3.18. The van der Waals surface area contributed by atoms with Crippen molar-refractivity contribution in [1.29, 1.82) is 0 Å². The van der Waals surface area contributed by atoms with E-state index >= 15 is 0 Å². The Balaban J connectivity index is 5.48. The van der Waals surface area contributed by atoms with Gasteiger partial charge < -0.3 is 49.7 Å². The van der Waals surface area contributed by atoms with E-state index in [1.54, 1.807) is 0 Å². The van der Waals surface area contributed by atoms with Crippen LogP contribution in [0.25, 0.3) is 0 Å². The standard InChI is InChI=1S/C21H40N8O7/c22-9-3-1-5-12(24)18(32)29-15(11-17(26)31)20(34)27-13(7-8-16(25)30)19(33)28-14(21(35)36)6-2-4-10-23/h12-15H,1-11,22-24H2,(H2,25,30)(H2,26,31)(H,27,34)(H,28,33)(H,29,32)(H,35,36). The zero-order valence-corrected chi connectivity index (χ0v) is 20.4. The first-order valence-corrected chi connectivity index (χ1v) is 11.8. The highest BCUT2D eigenvalue weighted by atomic mass is 16.4. The molecule has 0 aromatic heterocycles. The van der Waals surface area contributed by atoms with Crippen molar-refractivity contribution in [3.8, 4) is 0 Å². The van der Waals surface area contributed by atoms with Gasteiger partial charge in [0.2, 0.25) is 29.5 Å². The second kappa shape index (κ2) is 18.0. The Hall–Kier alpha value is -3.30. The van der Waals surface area contributed by atoms with E-state index in [2.05, 4.69) is 16.0 Å². The number of amides is 5. The summed E-state index contributed by atoms with van der Waals surface area (Å²) in [5, 5.41) is 16.4. The van der Waals surface area contributed by atoms with Gasteiger partial charge in [-0.25, -0.2) is 4.79 Å². The van der Waals surface area contributed by atoms with E-state index in [-0.39, 0.29) is 25.7 Å². The van der Waals surface area contributed by atoms with Crippen LogP contribution in [0.3, 0.4) is 0 Å². The summed E-state index contributed by atoms with van der Waals surface area (Å²) in [6.45, 7) is 0.771. The van der Waals surface area contributed by atoms with Gasteiger partial charge in [-0.2, -0.15) is 0 Å². The van der Waals surface area contributed by atoms with Crippen LogP contribution in [0.5, 0.6) is 0 Å². The van der Waals surface area contributed by atoms with Crippen LogP contribution in [0, 0.1) is 0 Å². The molecule has 5 amide bonds. The van der Waals surface area contributed by atoms with Crippen molar-refractivity contribution >= 4 is 35.5 Å². The molecule has 0 radical (unpaired) electrons. The molecule has 14 N–H and O–H groups in total. The maximum Gasteiger partial charge on any atom is 0.326 e. The van der Waals surface area contributed by atoms with Gasteiger partial charge in [-0.15, -0.1) is 0 Å². The summed E-state index contributed by atoms with van der Waals surface area (Å²) in [7, 11) is 0. The maximum atomic E-state index is 12.9. The molecule has 0 aliphatic carbocycles. The van der Waals surface area contributed by atoms with E-state index in [1.165, 1.54) is 0 Å². The summed E-state index contributed by atoms with van der Waals surface area (Å²) in [5.74, 6) is -5.50. The molecule has 15 nitrogen and oxygen atoms in total. The molecule has 0 aromatic carbocycles. The summed E-state index contributed by atoms with van der Waals surface area (Å²) in [4.78, 5) is 72.3. The van der Waals surface area contributed by atoms with Gasteiger partial charge in [0.25, 0.3) is 0 Å². The average Bonchev–Trinajstić information content (AvgIpc) is 2.79. The van der Waals surface area contributed by atoms with Crippen molar-refractivity contribution in [3.05, 3.63) is 0 Å². The number of carboxylic acid groups (broad SMARTS) is 1. The summed E-state index contributed by atoms with van der Waals surface area (Å²) in [6.07, 6.45) is 1.44. The van der Waals surface area contributed by atoms with Crippen molar-refractivity contribution in [3.63, 3.8) is 0 Å². The second-order valence-corrected chi connectivity index (χ2v) is 8.37. The van der Waals surface area contributed by atoms with Gasteiger partial charge in [0.05, 0.1) is 12.5 Å². The lowest BCUT2D eigenvalue weighted by molar-refractivity contribution is -0.142. The van der Waals surface area contributed by atoms with Gasteiger partial charge in [-0.05, 0) is 51.6 Å². The normalized spacial score (nSPS) is 14.1. The Morgan fingerprint density at radius 3 is 1.64 bits per heavy atom. The van der Waals surface area contributed by atoms with Crippen LogP contribution in [-0.4, -0.2) is 77.9 Å². The van der Waals surface area contributed by atoms with Crippen molar-refractivity contribution in [2.45, 2.75) is 82.0 Å². The Morgan fingerprint density at radius 2 is 1.14 bits per heavy atom. The predicted octanol–water partition coefficient (Wildman–Crippen LogP) is -3.75. The molecule has 0 saturated carbocycles. The number of primary amides is 2. The first-order valence-electron chi connectivity index (χ1n) is 11.8. The topological polar surface area (TPSA) is 289 Å². The summed E-state index contributed by atoms with van der Waals surface area (Å²) >= 11 is 0. The molecule has 0 rings (SSSR count). The van der Waals surface area contributed by atoms with Gasteiger partial charge in [-0.3, -0.25) is 24.0 Å². The van der Waals surface area contributed by atoms with Gasteiger partial charge in [0.15, 0.2) is 0 Å². The molecule has 4 unspecified atom stereocenters. The number of aliphatic carboxylic acids is 1. The number of unbranched alkanes of at least 4 members (excludes halogenated alkanes) is 2. The third kappa shape index (κ3) is 14.2. The van der Waals surface area contributed by atoms with Gasteiger partial charge >= 0.3 is 5.97 Å². The van der Waals surface area contributed by atoms with Crippen LogP contribution in [0.2, 0.25) is 0 Å². The monoisotopic (exact) mass is 516 g/mol. The van der Waals surface area contributed by atoms with Crippen LogP contribution >= 0.6 is 0 Å². The minimum absolute atomic E-state index is 0.0944. The smallest absolute Gasteiger partial charge is 0.326 e. The van der Waals surface area contributed by atoms with Crippen LogP contribution in [0.15, 0.2) is 0 Å². The third-order valence-corrected chi connectivity index (χ3v) is 5.22. The summed E-state index contributed by atoms with van der Waals surface area (Å²) in [5.41, 5.74) is 27.0. The van der Waals surface area contributed by atoms with E-state index < -0.39 is 66.1 Å². The maximum absolute atomic E-state index is 12.9. The molecule has 0 saturated heterocycles. The highest BCUT2D eigenvalue weighted by Gasteiger charge is 2.31. The van der Waals surface area contributed by atoms with E-state index in [1.807, 2.05) is 0 Å². The number of carbonyl (C=O) groups is 6. The van der Waals surface area contributed by atoms with E-state index in [4.69, 9.17) is 28.7 Å². The van der Waals surface area contributed by atoms with E-state index in [9.17, 15) is 33.9 Å². The van der Waals surface area contributed by atoms with Crippen molar-refractivity contribution in [2.75, 3.05) is 13.1 Å². The van der Waals surface area contributed by atoms with Crippen LogP contribution in [0.4, 0.5) is 0 Å². The lowest BCUT2D eigenvalue weighted by Crippen LogP contribution is -2.57. The fourth-order valence-corrected chi connectivity index (χ4v) is 3.18. The molecule has 0 aliphatic heterocycles. The number of carbonyl (C=O) groups excluding carboxylic acids is 5. The first-order chi connectivity index (χ1) is 16.9. The predicted molar refractivity (Wildman–Crippen MR) is 129 cm³/mol. The number of nitrogens with one attached hydrogen (secondary N) is 3. The van der Waals surface area contributed by atoms with Gasteiger partial charge in [-0.1, -0.05) is 6.42 Å². The largest absolute Gasteiger partial charge is 0.480 e. The molecule has 0 fully saturated rings. The lowest BCUT2D eigenvalue weighted by atomic mass is 10.1. The van der Waals surface area contributed by atoms with Crippen molar-refractivity contribution in [2.24, 2.45) is 28.7 Å².